The van der Waals surface area contributed by atoms with Crippen molar-refractivity contribution in [3.63, 3.8) is 0 Å². The Morgan fingerprint density at radius 2 is 1.43 bits per heavy atom. The van der Waals surface area contributed by atoms with Crippen molar-refractivity contribution in [1.29, 1.82) is 0 Å². The largest absolute Gasteiger partial charge is 0.341 e. The van der Waals surface area contributed by atoms with Crippen LogP contribution < -0.4 is 10.2 Å². The summed E-state index contributed by atoms with van der Waals surface area (Å²) >= 11 is 6.54. The second kappa shape index (κ2) is 8.46. The van der Waals surface area contributed by atoms with Crippen molar-refractivity contribution in [2.45, 2.75) is 0 Å². The monoisotopic (exact) mass is 471 g/mol. The summed E-state index contributed by atoms with van der Waals surface area (Å²) < 4.78 is 0. The minimum Gasteiger partial charge on any atom is -0.341 e. The first-order valence-corrected chi connectivity index (χ1v) is 11.8. The Bertz CT molecular complexity index is 1630. The lowest BCUT2D eigenvalue weighted by Crippen LogP contribution is -2.29. The molecule has 0 bridgehead atoms. The van der Waals surface area contributed by atoms with Gasteiger partial charge in [-0.05, 0) is 28.8 Å². The molecular formula is C31H22ClN3. The molecule has 35 heavy (non-hydrogen) atoms. The highest BCUT2D eigenvalue weighted by atomic mass is 35.5. The number of halogens is 1. The summed E-state index contributed by atoms with van der Waals surface area (Å²) in [5.41, 5.74) is 8.10. The standard InChI is InChI=1S/C31H22ClN3/c1-20-24-16-15-22(25-10-5-6-12-27(25)28-13-7-8-14-29(28)32)17-30(24)34-21(2)35(20)31-19-33-18-23-9-3-4-11-26(23)31/h3-19,34H,1-2H2. The second-order valence-corrected chi connectivity index (χ2v) is 8.93. The van der Waals surface area contributed by atoms with E-state index in [1.165, 1.54) is 0 Å². The zero-order valence-corrected chi connectivity index (χ0v) is 19.8. The quantitative estimate of drug-likeness (QED) is 0.285. The molecule has 3 nitrogen and oxygen atoms in total. The van der Waals surface area contributed by atoms with Crippen molar-refractivity contribution in [3.8, 4) is 22.3 Å². The first-order chi connectivity index (χ1) is 17.1. The van der Waals surface area contributed by atoms with Crippen LogP contribution in [0.3, 0.4) is 0 Å². The maximum atomic E-state index is 6.54. The third-order valence-electron chi connectivity index (χ3n) is 6.44. The molecule has 2 heterocycles. The number of hydrogen-bond acceptors (Lipinski definition) is 3. The molecule has 4 aromatic carbocycles. The van der Waals surface area contributed by atoms with E-state index in [1.54, 1.807) is 0 Å². The summed E-state index contributed by atoms with van der Waals surface area (Å²) in [4.78, 5) is 6.49. The molecular weight excluding hydrogens is 450 g/mol. The van der Waals surface area contributed by atoms with E-state index in [1.807, 2.05) is 53.7 Å². The number of fused-ring (bicyclic) bond motifs is 2. The van der Waals surface area contributed by atoms with E-state index >= 15 is 0 Å². The van der Waals surface area contributed by atoms with Gasteiger partial charge in [0.15, 0.2) is 0 Å². The van der Waals surface area contributed by atoms with Crippen LogP contribution in [0.4, 0.5) is 11.4 Å². The zero-order chi connectivity index (χ0) is 23.9. The van der Waals surface area contributed by atoms with Crippen LogP contribution in [0.25, 0.3) is 38.7 Å². The molecule has 168 valence electrons. The Hall–Kier alpha value is -4.34. The number of pyridine rings is 1. The highest BCUT2D eigenvalue weighted by Crippen LogP contribution is 2.43. The van der Waals surface area contributed by atoms with Gasteiger partial charge in [-0.25, -0.2) is 0 Å². The van der Waals surface area contributed by atoms with E-state index in [-0.39, 0.29) is 0 Å². The minimum absolute atomic E-state index is 0.733. The van der Waals surface area contributed by atoms with Crippen molar-refractivity contribution in [1.82, 2.24) is 4.98 Å². The van der Waals surface area contributed by atoms with Crippen molar-refractivity contribution in [3.05, 3.63) is 133 Å². The molecule has 0 fully saturated rings. The molecule has 4 heteroatoms. The highest BCUT2D eigenvalue weighted by Gasteiger charge is 2.26. The maximum absolute atomic E-state index is 6.54. The van der Waals surface area contributed by atoms with Gasteiger partial charge in [0.05, 0.1) is 11.9 Å². The summed E-state index contributed by atoms with van der Waals surface area (Å²) in [7, 11) is 0. The van der Waals surface area contributed by atoms with Crippen LogP contribution >= 0.6 is 11.6 Å². The Kier molecular flexibility index (Phi) is 5.13. The minimum atomic E-state index is 0.733. The van der Waals surface area contributed by atoms with Crippen LogP contribution in [-0.4, -0.2) is 4.98 Å². The molecule has 0 atom stereocenters. The number of benzene rings is 4. The fraction of sp³-hybridized carbons (Fsp3) is 0. The molecule has 0 saturated carbocycles. The lowest BCUT2D eigenvalue weighted by molar-refractivity contribution is 1.14. The van der Waals surface area contributed by atoms with Gasteiger partial charge in [0, 0.05) is 44.5 Å². The summed E-state index contributed by atoms with van der Waals surface area (Å²) in [6, 6.07) is 30.9. The van der Waals surface area contributed by atoms with Gasteiger partial charge in [-0.3, -0.25) is 9.88 Å². The van der Waals surface area contributed by atoms with Crippen molar-refractivity contribution in [2.75, 3.05) is 10.2 Å². The normalized spacial score (nSPS) is 13.0. The number of nitrogens with one attached hydrogen (secondary N) is 1. The lowest BCUT2D eigenvalue weighted by Gasteiger charge is -2.35. The van der Waals surface area contributed by atoms with Gasteiger partial charge < -0.3 is 5.32 Å². The van der Waals surface area contributed by atoms with E-state index < -0.39 is 0 Å². The molecule has 0 radical (unpaired) electrons. The molecule has 1 N–H and O–H groups in total. The first kappa shape index (κ1) is 21.2. The van der Waals surface area contributed by atoms with Crippen LogP contribution in [-0.2, 0) is 0 Å². The summed E-state index contributed by atoms with van der Waals surface area (Å²) in [5.74, 6) is 0.734. The third kappa shape index (κ3) is 3.58. The molecule has 0 saturated heterocycles. The Balaban J connectivity index is 1.43. The molecule has 0 spiro atoms. The van der Waals surface area contributed by atoms with Gasteiger partial charge in [-0.15, -0.1) is 0 Å². The van der Waals surface area contributed by atoms with Gasteiger partial charge in [0.1, 0.15) is 5.82 Å². The fourth-order valence-electron chi connectivity index (χ4n) is 4.78. The van der Waals surface area contributed by atoms with E-state index in [0.717, 1.165) is 66.5 Å². The van der Waals surface area contributed by atoms with Crippen LogP contribution in [0.2, 0.25) is 5.02 Å². The molecule has 0 unspecified atom stereocenters. The van der Waals surface area contributed by atoms with Crippen LogP contribution in [0.15, 0.2) is 122 Å². The van der Waals surface area contributed by atoms with Crippen molar-refractivity contribution < 1.29 is 0 Å². The Labute approximate surface area is 209 Å². The average molecular weight is 472 g/mol. The zero-order valence-electron chi connectivity index (χ0n) is 19.0. The van der Waals surface area contributed by atoms with Crippen molar-refractivity contribution in [2.24, 2.45) is 0 Å². The lowest BCUT2D eigenvalue weighted by atomic mass is 9.92. The van der Waals surface area contributed by atoms with E-state index in [9.17, 15) is 0 Å². The molecule has 5 aromatic rings. The number of aromatic nitrogens is 1. The number of hydrogen-bond donors (Lipinski definition) is 1. The molecule has 6 rings (SSSR count). The predicted molar refractivity (Wildman–Crippen MR) is 148 cm³/mol. The highest BCUT2D eigenvalue weighted by molar-refractivity contribution is 6.33. The van der Waals surface area contributed by atoms with Gasteiger partial charge >= 0.3 is 0 Å². The number of nitrogens with zero attached hydrogens (tertiary/aromatic N) is 2. The van der Waals surface area contributed by atoms with Crippen LogP contribution in [0.5, 0.6) is 0 Å². The second-order valence-electron chi connectivity index (χ2n) is 8.52. The van der Waals surface area contributed by atoms with Gasteiger partial charge in [0.25, 0.3) is 0 Å². The number of rotatable bonds is 3. The van der Waals surface area contributed by atoms with Crippen LogP contribution in [0.1, 0.15) is 5.56 Å². The van der Waals surface area contributed by atoms with Gasteiger partial charge in [0.2, 0.25) is 0 Å². The molecule has 0 amide bonds. The topological polar surface area (TPSA) is 28.2 Å². The van der Waals surface area contributed by atoms with E-state index in [0.29, 0.717) is 0 Å². The molecule has 1 aromatic heterocycles. The van der Waals surface area contributed by atoms with E-state index in [2.05, 4.69) is 78.1 Å². The summed E-state index contributed by atoms with van der Waals surface area (Å²) in [6.45, 7) is 8.75. The SMILES string of the molecule is C=C1Nc2cc(-c3ccccc3-c3ccccc3Cl)ccc2C(=C)N1c1cncc2ccccc12. The Morgan fingerprint density at radius 3 is 2.26 bits per heavy atom. The summed E-state index contributed by atoms with van der Waals surface area (Å²) in [6.07, 6.45) is 3.73. The third-order valence-corrected chi connectivity index (χ3v) is 6.77. The van der Waals surface area contributed by atoms with Crippen LogP contribution in [0, 0.1) is 0 Å². The first-order valence-electron chi connectivity index (χ1n) is 11.4. The maximum Gasteiger partial charge on any atom is 0.108 e. The fourth-order valence-corrected chi connectivity index (χ4v) is 5.02. The van der Waals surface area contributed by atoms with Gasteiger partial charge in [-0.2, -0.15) is 0 Å². The molecule has 1 aliphatic rings. The van der Waals surface area contributed by atoms with Gasteiger partial charge in [-0.1, -0.05) is 104 Å². The summed E-state index contributed by atoms with van der Waals surface area (Å²) in [5, 5.41) is 6.40. The Morgan fingerprint density at radius 1 is 0.714 bits per heavy atom. The number of anilines is 2. The molecule has 0 aliphatic carbocycles. The molecule has 1 aliphatic heterocycles. The van der Waals surface area contributed by atoms with Crippen molar-refractivity contribution >= 4 is 39.4 Å². The van der Waals surface area contributed by atoms with E-state index in [4.69, 9.17) is 11.6 Å². The predicted octanol–water partition coefficient (Wildman–Crippen LogP) is 8.60. The average Bonchev–Trinajstić information content (AvgIpc) is 2.89. The smallest absolute Gasteiger partial charge is 0.108 e.